The molecule has 1 aliphatic rings. The summed E-state index contributed by atoms with van der Waals surface area (Å²) in [5.41, 5.74) is 0.811. The third kappa shape index (κ3) is 3.35. The van der Waals surface area contributed by atoms with Gasteiger partial charge in [-0.2, -0.15) is 0 Å². The van der Waals surface area contributed by atoms with Gasteiger partial charge >= 0.3 is 7.12 Å². The van der Waals surface area contributed by atoms with Crippen molar-refractivity contribution in [2.24, 2.45) is 5.92 Å². The third-order valence-electron chi connectivity index (χ3n) is 3.82. The van der Waals surface area contributed by atoms with Gasteiger partial charge in [0, 0.05) is 0 Å². The van der Waals surface area contributed by atoms with Crippen molar-refractivity contribution < 1.29 is 9.31 Å². The van der Waals surface area contributed by atoms with E-state index in [0.717, 1.165) is 12.8 Å². The van der Waals surface area contributed by atoms with Crippen LogP contribution in [0.2, 0.25) is 0 Å². The van der Waals surface area contributed by atoms with Crippen LogP contribution in [-0.4, -0.2) is 18.3 Å². The van der Waals surface area contributed by atoms with E-state index in [1.54, 1.807) is 0 Å². The minimum Gasteiger partial charge on any atom is -0.400 e. The van der Waals surface area contributed by atoms with Gasteiger partial charge in [-0.1, -0.05) is 26.8 Å². The fourth-order valence-corrected chi connectivity index (χ4v) is 1.79. The first-order valence-corrected chi connectivity index (χ1v) is 6.74. The molecule has 0 unspecified atom stereocenters. The van der Waals surface area contributed by atoms with Gasteiger partial charge in [0.15, 0.2) is 0 Å². The molecule has 0 N–H and O–H groups in total. The maximum Gasteiger partial charge on any atom is 0.490 e. The molecule has 0 spiro atoms. The van der Waals surface area contributed by atoms with Gasteiger partial charge in [0.1, 0.15) is 0 Å². The number of allylic oxidation sites excluding steroid dienone is 2. The van der Waals surface area contributed by atoms with Gasteiger partial charge in [-0.3, -0.25) is 0 Å². The van der Waals surface area contributed by atoms with Crippen molar-refractivity contribution >= 4 is 7.12 Å². The van der Waals surface area contributed by atoms with Crippen LogP contribution < -0.4 is 0 Å². The second-order valence-corrected chi connectivity index (χ2v) is 6.35. The molecular formula is C14H27BO2. The molecule has 0 aromatic carbocycles. The van der Waals surface area contributed by atoms with Crippen molar-refractivity contribution in [3.05, 3.63) is 11.5 Å². The van der Waals surface area contributed by atoms with Crippen molar-refractivity contribution in [1.29, 1.82) is 0 Å². The van der Waals surface area contributed by atoms with E-state index >= 15 is 0 Å². The molecule has 17 heavy (non-hydrogen) atoms. The Kier molecular flexibility index (Phi) is 4.48. The van der Waals surface area contributed by atoms with Crippen molar-refractivity contribution in [1.82, 2.24) is 0 Å². The number of rotatable bonds is 4. The molecule has 0 saturated carbocycles. The first-order chi connectivity index (χ1) is 7.69. The number of hydrogen-bond donors (Lipinski definition) is 0. The first-order valence-electron chi connectivity index (χ1n) is 6.74. The van der Waals surface area contributed by atoms with Crippen LogP contribution >= 0.6 is 0 Å². The summed E-state index contributed by atoms with van der Waals surface area (Å²) in [5, 5.41) is 0. The number of hydrogen-bond acceptors (Lipinski definition) is 2. The Hall–Kier alpha value is -0.275. The highest BCUT2D eigenvalue weighted by molar-refractivity contribution is 6.54. The lowest BCUT2D eigenvalue weighted by molar-refractivity contribution is 0.00578. The Bertz CT molecular complexity index is 277. The fourth-order valence-electron chi connectivity index (χ4n) is 1.79. The summed E-state index contributed by atoms with van der Waals surface area (Å²) in [6.07, 6.45) is 4.36. The standard InChI is InChI=1S/C14H27BO2/c1-8-12(10-9-11(2)3)15-16-13(4,5)14(6,7)17-15/h10-11H,8-9H2,1-7H3/b12-10+. The highest BCUT2D eigenvalue weighted by Gasteiger charge is 2.51. The Balaban J connectivity index is 2.77. The van der Waals surface area contributed by atoms with E-state index in [1.807, 2.05) is 0 Å². The van der Waals surface area contributed by atoms with Crippen LogP contribution in [-0.2, 0) is 9.31 Å². The van der Waals surface area contributed by atoms with Crippen LogP contribution in [0.4, 0.5) is 0 Å². The van der Waals surface area contributed by atoms with Gasteiger partial charge in [-0.25, -0.2) is 0 Å². The topological polar surface area (TPSA) is 18.5 Å². The molecule has 0 radical (unpaired) electrons. The Labute approximate surface area is 107 Å². The van der Waals surface area contributed by atoms with Crippen molar-refractivity contribution in [2.75, 3.05) is 0 Å². The Morgan fingerprint density at radius 2 is 1.59 bits per heavy atom. The maximum atomic E-state index is 6.06. The van der Waals surface area contributed by atoms with E-state index in [-0.39, 0.29) is 18.3 Å². The molecule has 1 fully saturated rings. The van der Waals surface area contributed by atoms with Gasteiger partial charge in [0.2, 0.25) is 0 Å². The van der Waals surface area contributed by atoms with E-state index in [0.29, 0.717) is 5.92 Å². The predicted octanol–water partition coefficient (Wildman–Crippen LogP) is 4.00. The van der Waals surface area contributed by atoms with Crippen LogP contribution in [0.1, 0.15) is 61.3 Å². The van der Waals surface area contributed by atoms with Gasteiger partial charge < -0.3 is 9.31 Å². The summed E-state index contributed by atoms with van der Waals surface area (Å²) in [7, 11) is -0.163. The molecule has 0 amide bonds. The maximum absolute atomic E-state index is 6.06. The predicted molar refractivity (Wildman–Crippen MR) is 73.9 cm³/mol. The highest BCUT2D eigenvalue weighted by Crippen LogP contribution is 2.39. The molecule has 0 aromatic rings. The molecule has 98 valence electrons. The third-order valence-corrected chi connectivity index (χ3v) is 3.82. The van der Waals surface area contributed by atoms with Gasteiger partial charge in [-0.05, 0) is 51.9 Å². The lowest BCUT2D eigenvalue weighted by atomic mass is 9.75. The zero-order valence-corrected chi connectivity index (χ0v) is 12.5. The molecule has 2 nitrogen and oxygen atoms in total. The molecule has 0 bridgehead atoms. The molecule has 0 aliphatic carbocycles. The monoisotopic (exact) mass is 238 g/mol. The van der Waals surface area contributed by atoms with Crippen molar-refractivity contribution in [2.45, 2.75) is 72.5 Å². The van der Waals surface area contributed by atoms with E-state index in [1.165, 1.54) is 5.47 Å². The van der Waals surface area contributed by atoms with Gasteiger partial charge in [-0.15, -0.1) is 0 Å². The van der Waals surface area contributed by atoms with Crippen LogP contribution in [0.15, 0.2) is 11.5 Å². The van der Waals surface area contributed by atoms with Crippen LogP contribution in [0, 0.1) is 5.92 Å². The van der Waals surface area contributed by atoms with E-state index < -0.39 is 0 Å². The Morgan fingerprint density at radius 3 is 1.94 bits per heavy atom. The summed E-state index contributed by atoms with van der Waals surface area (Å²) in [4.78, 5) is 0. The quantitative estimate of drug-likeness (QED) is 0.689. The molecule has 1 rings (SSSR count). The van der Waals surface area contributed by atoms with E-state index in [9.17, 15) is 0 Å². The summed E-state index contributed by atoms with van der Waals surface area (Å²) in [5.74, 6) is 0.680. The molecule has 0 atom stereocenters. The summed E-state index contributed by atoms with van der Waals surface area (Å²) in [6, 6.07) is 0. The van der Waals surface area contributed by atoms with Crippen LogP contribution in [0.3, 0.4) is 0 Å². The largest absolute Gasteiger partial charge is 0.490 e. The minimum absolute atomic E-state index is 0.163. The zero-order chi connectivity index (χ0) is 13.3. The molecular weight excluding hydrogens is 211 g/mol. The second kappa shape index (κ2) is 5.15. The SMILES string of the molecule is CC/C(=C\CC(C)C)B1OC(C)(C)C(C)(C)O1. The second-order valence-electron chi connectivity index (χ2n) is 6.35. The normalized spacial score (nSPS) is 23.5. The fraction of sp³-hybridized carbons (Fsp3) is 0.857. The molecule has 1 saturated heterocycles. The molecule has 3 heteroatoms. The summed E-state index contributed by atoms with van der Waals surface area (Å²) >= 11 is 0. The summed E-state index contributed by atoms with van der Waals surface area (Å²) in [6.45, 7) is 15.0. The van der Waals surface area contributed by atoms with Crippen LogP contribution in [0.25, 0.3) is 0 Å². The summed E-state index contributed by atoms with van der Waals surface area (Å²) < 4.78 is 12.1. The average Bonchev–Trinajstić information content (AvgIpc) is 2.36. The lowest BCUT2D eigenvalue weighted by Crippen LogP contribution is -2.41. The highest BCUT2D eigenvalue weighted by atomic mass is 16.7. The molecule has 0 aromatic heterocycles. The minimum atomic E-state index is -0.232. The lowest BCUT2D eigenvalue weighted by Gasteiger charge is -2.32. The average molecular weight is 238 g/mol. The van der Waals surface area contributed by atoms with E-state index in [4.69, 9.17) is 9.31 Å². The van der Waals surface area contributed by atoms with Crippen molar-refractivity contribution in [3.63, 3.8) is 0 Å². The first kappa shape index (κ1) is 14.8. The Morgan fingerprint density at radius 1 is 1.12 bits per heavy atom. The zero-order valence-electron chi connectivity index (χ0n) is 12.5. The molecule has 1 aliphatic heterocycles. The van der Waals surface area contributed by atoms with Gasteiger partial charge in [0.05, 0.1) is 11.2 Å². The molecule has 1 heterocycles. The van der Waals surface area contributed by atoms with Crippen molar-refractivity contribution in [3.8, 4) is 0 Å². The smallest absolute Gasteiger partial charge is 0.400 e. The van der Waals surface area contributed by atoms with Gasteiger partial charge in [0.25, 0.3) is 0 Å². The van der Waals surface area contributed by atoms with E-state index in [2.05, 4.69) is 54.5 Å². The van der Waals surface area contributed by atoms with Crippen LogP contribution in [0.5, 0.6) is 0 Å².